The van der Waals surface area contributed by atoms with Gasteiger partial charge in [0.25, 0.3) is 0 Å². The summed E-state index contributed by atoms with van der Waals surface area (Å²) in [5, 5.41) is 9.35. The number of alkyl halides is 1. The Bertz CT molecular complexity index is 311. The van der Waals surface area contributed by atoms with Crippen molar-refractivity contribution in [2.24, 2.45) is 0 Å². The molecule has 1 rings (SSSR count). The third-order valence-corrected chi connectivity index (χ3v) is 2.19. The van der Waals surface area contributed by atoms with E-state index in [9.17, 15) is 14.3 Å². The number of halogens is 1. The molecule has 0 aromatic heterocycles. The predicted octanol–water partition coefficient (Wildman–Crippen LogP) is 1.91. The van der Waals surface area contributed by atoms with Gasteiger partial charge in [0.05, 0.1) is 6.10 Å². The van der Waals surface area contributed by atoms with Gasteiger partial charge < -0.3 is 5.11 Å². The summed E-state index contributed by atoms with van der Waals surface area (Å²) in [6.45, 7) is 1.35. The highest BCUT2D eigenvalue weighted by atomic mass is 19.1. The number of carbonyl (C=O) groups excluding carboxylic acids is 1. The second-order valence-corrected chi connectivity index (χ2v) is 3.68. The van der Waals surface area contributed by atoms with Crippen molar-refractivity contribution in [3.8, 4) is 0 Å². The smallest absolute Gasteiger partial charge is 0.132 e. The van der Waals surface area contributed by atoms with Crippen molar-refractivity contribution < 1.29 is 14.3 Å². The lowest BCUT2D eigenvalue weighted by Crippen LogP contribution is -2.26. The van der Waals surface area contributed by atoms with Crippen LogP contribution in [-0.4, -0.2) is 23.2 Å². The third kappa shape index (κ3) is 4.21. The number of ketones is 1. The molecule has 0 saturated carbocycles. The van der Waals surface area contributed by atoms with Gasteiger partial charge >= 0.3 is 0 Å². The molecule has 0 radical (unpaired) electrons. The number of hydrogen-bond donors (Lipinski definition) is 1. The fourth-order valence-corrected chi connectivity index (χ4v) is 1.40. The van der Waals surface area contributed by atoms with Crippen LogP contribution in [0.2, 0.25) is 0 Å². The molecule has 0 saturated heterocycles. The number of hydrogen-bond acceptors (Lipinski definition) is 2. The Balaban J connectivity index is 2.48. The minimum absolute atomic E-state index is 0.117. The molecule has 1 N–H and O–H groups in total. The highest BCUT2D eigenvalue weighted by Gasteiger charge is 2.19. The maximum absolute atomic E-state index is 13.4. The topological polar surface area (TPSA) is 37.3 Å². The van der Waals surface area contributed by atoms with Crippen molar-refractivity contribution in [3.05, 3.63) is 35.9 Å². The largest absolute Gasteiger partial charge is 0.390 e. The maximum Gasteiger partial charge on any atom is 0.132 e. The lowest BCUT2D eigenvalue weighted by molar-refractivity contribution is -0.119. The summed E-state index contributed by atoms with van der Waals surface area (Å²) >= 11 is 0. The molecule has 0 fully saturated rings. The van der Waals surface area contributed by atoms with Gasteiger partial charge in [0.2, 0.25) is 0 Å². The first-order valence-corrected chi connectivity index (χ1v) is 4.95. The number of carbonyl (C=O) groups is 1. The van der Waals surface area contributed by atoms with Crippen molar-refractivity contribution >= 4 is 5.78 Å². The molecular formula is C12H15FO2. The van der Waals surface area contributed by atoms with E-state index in [0.717, 1.165) is 5.56 Å². The van der Waals surface area contributed by atoms with E-state index in [2.05, 4.69) is 0 Å². The van der Waals surface area contributed by atoms with Gasteiger partial charge in [-0.1, -0.05) is 30.3 Å². The van der Waals surface area contributed by atoms with Crippen LogP contribution in [0.5, 0.6) is 0 Å². The summed E-state index contributed by atoms with van der Waals surface area (Å²) in [4.78, 5) is 10.7. The predicted molar refractivity (Wildman–Crippen MR) is 56.3 cm³/mol. The Morgan fingerprint density at radius 1 is 1.40 bits per heavy atom. The van der Waals surface area contributed by atoms with E-state index in [1.54, 1.807) is 12.1 Å². The summed E-state index contributed by atoms with van der Waals surface area (Å²) < 4.78 is 13.4. The lowest BCUT2D eigenvalue weighted by atomic mass is 10.0. The number of aliphatic hydroxyl groups is 1. The van der Waals surface area contributed by atoms with E-state index < -0.39 is 12.3 Å². The Morgan fingerprint density at radius 2 is 2.00 bits per heavy atom. The van der Waals surface area contributed by atoms with Gasteiger partial charge in [-0.3, -0.25) is 4.79 Å². The van der Waals surface area contributed by atoms with Crippen molar-refractivity contribution in [2.75, 3.05) is 0 Å². The van der Waals surface area contributed by atoms with Gasteiger partial charge in [-0.05, 0) is 12.5 Å². The van der Waals surface area contributed by atoms with Crippen LogP contribution in [0.15, 0.2) is 30.3 Å². The summed E-state index contributed by atoms with van der Waals surface area (Å²) in [6.07, 6.45) is -2.54. The van der Waals surface area contributed by atoms with Gasteiger partial charge in [-0.25, -0.2) is 4.39 Å². The van der Waals surface area contributed by atoms with E-state index in [0.29, 0.717) is 0 Å². The molecule has 82 valence electrons. The summed E-state index contributed by atoms with van der Waals surface area (Å²) in [7, 11) is 0. The number of benzene rings is 1. The molecule has 0 spiro atoms. The fourth-order valence-electron chi connectivity index (χ4n) is 1.40. The molecule has 0 bridgehead atoms. The van der Waals surface area contributed by atoms with Crippen molar-refractivity contribution in [1.29, 1.82) is 0 Å². The SMILES string of the molecule is CC(=O)C[C@@H](O)[C@@H](F)Cc1ccccc1. The first-order chi connectivity index (χ1) is 7.09. The van der Waals surface area contributed by atoms with E-state index in [1.807, 2.05) is 18.2 Å². The molecule has 0 heterocycles. The normalized spacial score (nSPS) is 14.6. The summed E-state index contributed by atoms with van der Waals surface area (Å²) in [5.41, 5.74) is 0.826. The van der Waals surface area contributed by atoms with Crippen molar-refractivity contribution in [1.82, 2.24) is 0 Å². The van der Waals surface area contributed by atoms with Crippen LogP contribution in [0, 0.1) is 0 Å². The standard InChI is InChI=1S/C12H15FO2/c1-9(14)7-12(15)11(13)8-10-5-3-2-4-6-10/h2-6,11-12,15H,7-8H2,1H3/t11-,12+/m0/s1. The number of aliphatic hydroxyl groups excluding tert-OH is 1. The molecule has 0 unspecified atom stereocenters. The monoisotopic (exact) mass is 210 g/mol. The minimum atomic E-state index is -1.38. The van der Waals surface area contributed by atoms with Gasteiger partial charge in [0.1, 0.15) is 12.0 Å². The third-order valence-electron chi connectivity index (χ3n) is 2.19. The van der Waals surface area contributed by atoms with Gasteiger partial charge in [-0.15, -0.1) is 0 Å². The molecule has 0 aliphatic carbocycles. The second kappa shape index (κ2) is 5.61. The molecular weight excluding hydrogens is 195 g/mol. The highest BCUT2D eigenvalue weighted by molar-refractivity contribution is 5.76. The van der Waals surface area contributed by atoms with Gasteiger partial charge in [0.15, 0.2) is 0 Å². The lowest BCUT2D eigenvalue weighted by Gasteiger charge is -2.14. The highest BCUT2D eigenvalue weighted by Crippen LogP contribution is 2.11. The van der Waals surface area contributed by atoms with Gasteiger partial charge in [-0.2, -0.15) is 0 Å². The summed E-state index contributed by atoms with van der Waals surface area (Å²) in [6, 6.07) is 9.09. The van der Waals surface area contributed by atoms with Crippen LogP contribution in [0.4, 0.5) is 4.39 Å². The zero-order valence-corrected chi connectivity index (χ0v) is 8.69. The van der Waals surface area contributed by atoms with Crippen LogP contribution in [0.3, 0.4) is 0 Å². The second-order valence-electron chi connectivity index (χ2n) is 3.68. The van der Waals surface area contributed by atoms with Crippen LogP contribution < -0.4 is 0 Å². The van der Waals surface area contributed by atoms with Crippen LogP contribution in [0.1, 0.15) is 18.9 Å². The van der Waals surface area contributed by atoms with E-state index in [-0.39, 0.29) is 18.6 Å². The Hall–Kier alpha value is -1.22. The Morgan fingerprint density at radius 3 is 2.53 bits per heavy atom. The van der Waals surface area contributed by atoms with Crippen LogP contribution in [-0.2, 0) is 11.2 Å². The van der Waals surface area contributed by atoms with Crippen LogP contribution >= 0.6 is 0 Å². The Kier molecular flexibility index (Phi) is 4.43. The van der Waals surface area contributed by atoms with Crippen LogP contribution in [0.25, 0.3) is 0 Å². The first-order valence-electron chi connectivity index (χ1n) is 4.95. The minimum Gasteiger partial charge on any atom is -0.390 e. The molecule has 0 amide bonds. The van der Waals surface area contributed by atoms with Gasteiger partial charge in [0, 0.05) is 12.8 Å². The average molecular weight is 210 g/mol. The van der Waals surface area contributed by atoms with Crippen molar-refractivity contribution in [3.63, 3.8) is 0 Å². The molecule has 0 aliphatic heterocycles. The molecule has 1 aromatic rings. The molecule has 1 aromatic carbocycles. The molecule has 2 nitrogen and oxygen atoms in total. The van der Waals surface area contributed by atoms with E-state index in [4.69, 9.17) is 0 Å². The average Bonchev–Trinajstić information content (AvgIpc) is 2.18. The quantitative estimate of drug-likeness (QED) is 0.806. The maximum atomic E-state index is 13.4. The summed E-state index contributed by atoms with van der Waals surface area (Å²) in [5.74, 6) is -0.196. The van der Waals surface area contributed by atoms with Crippen molar-refractivity contribution in [2.45, 2.75) is 32.0 Å². The molecule has 0 aliphatic rings. The number of Topliss-reactive ketones (excluding diaryl/α,β-unsaturated/α-hetero) is 1. The number of rotatable bonds is 5. The van der Waals surface area contributed by atoms with E-state index in [1.165, 1.54) is 6.92 Å². The fraction of sp³-hybridized carbons (Fsp3) is 0.417. The zero-order chi connectivity index (χ0) is 11.3. The molecule has 15 heavy (non-hydrogen) atoms. The molecule has 3 heteroatoms. The Labute approximate surface area is 88.7 Å². The molecule has 2 atom stereocenters. The zero-order valence-electron chi connectivity index (χ0n) is 8.69. The van der Waals surface area contributed by atoms with E-state index >= 15 is 0 Å². The first kappa shape index (κ1) is 11.9.